The van der Waals surface area contributed by atoms with Crippen molar-refractivity contribution in [1.82, 2.24) is 0 Å². The Labute approximate surface area is 172 Å². The molecule has 0 radical (unpaired) electrons. The summed E-state index contributed by atoms with van der Waals surface area (Å²) in [6.45, 7) is 4.50. The molecule has 0 nitrogen and oxygen atoms in total. The van der Waals surface area contributed by atoms with Crippen LogP contribution in [0.2, 0.25) is 0 Å². The van der Waals surface area contributed by atoms with Gasteiger partial charge in [0.2, 0.25) is 0 Å². The van der Waals surface area contributed by atoms with E-state index in [0.717, 1.165) is 23.5 Å². The second-order valence-electron chi connectivity index (χ2n) is 8.14. The molecule has 0 saturated carbocycles. The van der Waals surface area contributed by atoms with Crippen molar-refractivity contribution in [3.63, 3.8) is 0 Å². The van der Waals surface area contributed by atoms with Crippen LogP contribution in [0.25, 0.3) is 5.57 Å². The van der Waals surface area contributed by atoms with Gasteiger partial charge in [0.1, 0.15) is 0 Å². The number of aryl methyl sites for hydroxylation is 1. The second kappa shape index (κ2) is 10.9. The molecule has 0 bridgehead atoms. The molecule has 1 unspecified atom stereocenters. The molecule has 1 aliphatic rings. The zero-order valence-corrected chi connectivity index (χ0v) is 17.6. The minimum atomic E-state index is 0.907. The van der Waals surface area contributed by atoms with Gasteiger partial charge in [0.05, 0.1) is 0 Å². The summed E-state index contributed by atoms with van der Waals surface area (Å²) >= 11 is 0. The standard InChI is InChI=1S/C28H34/c1-3-5-6-8-24-15-19-27(20-16-24)28-21-17-26(18-22-28)14-13-25-11-9-23(7-4-2)10-12-25/h9-12,17-19,21-22,24H,3-8,15-16,20H2,1-2H3. The van der Waals surface area contributed by atoms with Gasteiger partial charge in [0, 0.05) is 11.1 Å². The molecule has 0 fully saturated rings. The van der Waals surface area contributed by atoms with Crippen molar-refractivity contribution in [2.75, 3.05) is 0 Å². The fraction of sp³-hybridized carbons (Fsp3) is 0.429. The highest BCUT2D eigenvalue weighted by Gasteiger charge is 2.14. The first-order valence-corrected chi connectivity index (χ1v) is 11.2. The molecule has 28 heavy (non-hydrogen) atoms. The molecule has 0 heterocycles. The van der Waals surface area contributed by atoms with Crippen molar-refractivity contribution < 1.29 is 0 Å². The van der Waals surface area contributed by atoms with Gasteiger partial charge in [0.25, 0.3) is 0 Å². The quantitative estimate of drug-likeness (QED) is 0.344. The van der Waals surface area contributed by atoms with E-state index in [9.17, 15) is 0 Å². The lowest BCUT2D eigenvalue weighted by atomic mass is 9.84. The lowest BCUT2D eigenvalue weighted by Gasteiger charge is -2.22. The fourth-order valence-electron chi connectivity index (χ4n) is 4.05. The maximum absolute atomic E-state index is 3.31. The summed E-state index contributed by atoms with van der Waals surface area (Å²) in [7, 11) is 0. The summed E-state index contributed by atoms with van der Waals surface area (Å²) in [5.74, 6) is 7.51. The van der Waals surface area contributed by atoms with Crippen molar-refractivity contribution in [1.29, 1.82) is 0 Å². The van der Waals surface area contributed by atoms with Gasteiger partial charge in [-0.1, -0.05) is 88.1 Å². The molecule has 0 saturated heterocycles. The Kier molecular flexibility index (Phi) is 7.98. The van der Waals surface area contributed by atoms with Crippen LogP contribution in [0.15, 0.2) is 54.6 Å². The maximum Gasteiger partial charge on any atom is 0.0249 e. The Morgan fingerprint density at radius 3 is 2.07 bits per heavy atom. The summed E-state index contributed by atoms with van der Waals surface area (Å²) in [6, 6.07) is 17.5. The SMILES string of the molecule is CCCCCC1CC=C(c2ccc(C#Cc3ccc(CCC)cc3)cc2)CC1. The van der Waals surface area contributed by atoms with Gasteiger partial charge >= 0.3 is 0 Å². The average Bonchev–Trinajstić information content (AvgIpc) is 2.75. The molecule has 0 aromatic heterocycles. The molecule has 1 aliphatic carbocycles. The van der Waals surface area contributed by atoms with Crippen LogP contribution in [0.4, 0.5) is 0 Å². The third-order valence-electron chi connectivity index (χ3n) is 5.83. The maximum atomic E-state index is 3.31. The zero-order chi connectivity index (χ0) is 19.6. The van der Waals surface area contributed by atoms with Gasteiger partial charge in [0.15, 0.2) is 0 Å². The Balaban J connectivity index is 1.57. The Hall–Kier alpha value is -2.26. The summed E-state index contributed by atoms with van der Waals surface area (Å²) in [6.07, 6.45) is 14.2. The Morgan fingerprint density at radius 2 is 1.50 bits per heavy atom. The summed E-state index contributed by atoms with van der Waals surface area (Å²) in [5, 5.41) is 0. The topological polar surface area (TPSA) is 0 Å². The van der Waals surface area contributed by atoms with Gasteiger partial charge in [-0.25, -0.2) is 0 Å². The van der Waals surface area contributed by atoms with Gasteiger partial charge < -0.3 is 0 Å². The third kappa shape index (κ3) is 6.13. The van der Waals surface area contributed by atoms with Crippen LogP contribution >= 0.6 is 0 Å². The largest absolute Gasteiger partial charge is 0.0804 e. The van der Waals surface area contributed by atoms with E-state index in [4.69, 9.17) is 0 Å². The fourth-order valence-corrected chi connectivity index (χ4v) is 4.05. The molecular weight excluding hydrogens is 336 g/mol. The van der Waals surface area contributed by atoms with Crippen LogP contribution in [0, 0.1) is 17.8 Å². The van der Waals surface area contributed by atoms with Gasteiger partial charge in [-0.3, -0.25) is 0 Å². The lowest BCUT2D eigenvalue weighted by Crippen LogP contribution is -2.05. The molecular formula is C28H34. The number of hydrogen-bond donors (Lipinski definition) is 0. The van der Waals surface area contributed by atoms with Crippen molar-refractivity contribution in [2.24, 2.45) is 5.92 Å². The lowest BCUT2D eigenvalue weighted by molar-refractivity contribution is 0.428. The van der Waals surface area contributed by atoms with Crippen molar-refractivity contribution in [3.8, 4) is 11.8 Å². The average molecular weight is 371 g/mol. The predicted molar refractivity (Wildman–Crippen MR) is 122 cm³/mol. The molecule has 0 N–H and O–H groups in total. The highest BCUT2D eigenvalue weighted by atomic mass is 14.2. The van der Waals surface area contributed by atoms with Gasteiger partial charge in [-0.15, -0.1) is 0 Å². The smallest absolute Gasteiger partial charge is 0.0249 e. The van der Waals surface area contributed by atoms with E-state index in [2.05, 4.69) is 80.3 Å². The molecule has 0 amide bonds. The molecule has 2 aromatic rings. The van der Waals surface area contributed by atoms with Crippen LogP contribution in [-0.4, -0.2) is 0 Å². The summed E-state index contributed by atoms with van der Waals surface area (Å²) in [5.41, 5.74) is 6.48. The summed E-state index contributed by atoms with van der Waals surface area (Å²) in [4.78, 5) is 0. The van der Waals surface area contributed by atoms with Gasteiger partial charge in [-0.2, -0.15) is 0 Å². The molecule has 146 valence electrons. The first-order chi connectivity index (χ1) is 13.8. The highest BCUT2D eigenvalue weighted by Crippen LogP contribution is 2.32. The first kappa shape index (κ1) is 20.5. The predicted octanol–water partition coefficient (Wildman–Crippen LogP) is 7.80. The molecule has 0 heteroatoms. The minimum absolute atomic E-state index is 0.907. The Bertz CT molecular complexity index is 809. The Morgan fingerprint density at radius 1 is 0.821 bits per heavy atom. The van der Waals surface area contributed by atoms with Crippen LogP contribution in [0.3, 0.4) is 0 Å². The number of benzene rings is 2. The molecule has 1 atom stereocenters. The molecule has 0 aliphatic heterocycles. The van der Waals surface area contributed by atoms with Crippen LogP contribution in [0.1, 0.15) is 87.5 Å². The van der Waals surface area contributed by atoms with Crippen LogP contribution in [0.5, 0.6) is 0 Å². The van der Waals surface area contributed by atoms with Crippen LogP contribution in [-0.2, 0) is 6.42 Å². The highest BCUT2D eigenvalue weighted by molar-refractivity contribution is 5.67. The van der Waals surface area contributed by atoms with Gasteiger partial charge in [-0.05, 0) is 72.6 Å². The van der Waals surface area contributed by atoms with E-state index in [1.54, 1.807) is 0 Å². The number of unbranched alkanes of at least 4 members (excludes halogenated alkanes) is 2. The van der Waals surface area contributed by atoms with E-state index in [1.165, 1.54) is 68.1 Å². The van der Waals surface area contributed by atoms with E-state index in [1.807, 2.05) is 0 Å². The first-order valence-electron chi connectivity index (χ1n) is 11.2. The van der Waals surface area contributed by atoms with E-state index in [-0.39, 0.29) is 0 Å². The van der Waals surface area contributed by atoms with Crippen molar-refractivity contribution >= 4 is 5.57 Å². The van der Waals surface area contributed by atoms with E-state index in [0.29, 0.717) is 0 Å². The summed E-state index contributed by atoms with van der Waals surface area (Å²) < 4.78 is 0. The third-order valence-corrected chi connectivity index (χ3v) is 5.83. The van der Waals surface area contributed by atoms with E-state index >= 15 is 0 Å². The van der Waals surface area contributed by atoms with Crippen molar-refractivity contribution in [3.05, 3.63) is 76.9 Å². The van der Waals surface area contributed by atoms with E-state index < -0.39 is 0 Å². The number of hydrogen-bond acceptors (Lipinski definition) is 0. The minimum Gasteiger partial charge on any atom is -0.0804 e. The van der Waals surface area contributed by atoms with Crippen LogP contribution < -0.4 is 0 Å². The number of allylic oxidation sites excluding steroid dienone is 2. The monoisotopic (exact) mass is 370 g/mol. The second-order valence-corrected chi connectivity index (χ2v) is 8.14. The molecule has 0 spiro atoms. The molecule has 2 aromatic carbocycles. The van der Waals surface area contributed by atoms with Crippen molar-refractivity contribution in [2.45, 2.75) is 71.6 Å². The number of rotatable bonds is 7. The normalized spacial score (nSPS) is 16.2. The molecule has 3 rings (SSSR count). The zero-order valence-electron chi connectivity index (χ0n) is 17.6.